The highest BCUT2D eigenvalue weighted by Gasteiger charge is 2.13. The maximum absolute atomic E-state index is 11.9. The van der Waals surface area contributed by atoms with Crippen LogP contribution in [0.1, 0.15) is 5.56 Å². The van der Waals surface area contributed by atoms with Crippen LogP contribution in [0.3, 0.4) is 0 Å². The van der Waals surface area contributed by atoms with Crippen molar-refractivity contribution < 1.29 is 13.2 Å². The summed E-state index contributed by atoms with van der Waals surface area (Å²) in [6, 6.07) is 15.9. The molecule has 2 aromatic rings. The summed E-state index contributed by atoms with van der Waals surface area (Å²) in [5.74, 6) is -0.576. The van der Waals surface area contributed by atoms with E-state index < -0.39 is 15.9 Å². The average Bonchev–Trinajstić information content (AvgIpc) is 2.46. The van der Waals surface area contributed by atoms with E-state index in [-0.39, 0.29) is 12.3 Å². The van der Waals surface area contributed by atoms with Crippen molar-refractivity contribution in [2.45, 2.75) is 5.75 Å². The SMILES string of the molecule is O=C(CNS(=O)(=O)Cc1ccccc1)Nc1cccc(Br)c1. The van der Waals surface area contributed by atoms with Crippen molar-refractivity contribution in [1.82, 2.24) is 4.72 Å². The molecule has 0 unspecified atom stereocenters. The standard InChI is InChI=1S/C15H15BrN2O3S/c16-13-7-4-8-14(9-13)18-15(19)10-17-22(20,21)11-12-5-2-1-3-6-12/h1-9,17H,10-11H2,(H,18,19). The summed E-state index contributed by atoms with van der Waals surface area (Å²) in [6.07, 6.45) is 0. The average molecular weight is 383 g/mol. The van der Waals surface area contributed by atoms with E-state index in [0.717, 1.165) is 4.47 Å². The first-order valence-corrected chi connectivity index (χ1v) is 8.96. The monoisotopic (exact) mass is 382 g/mol. The molecule has 0 heterocycles. The number of carbonyl (C=O) groups excluding carboxylic acids is 1. The molecular weight excluding hydrogens is 368 g/mol. The van der Waals surface area contributed by atoms with Crippen LogP contribution in [0.4, 0.5) is 5.69 Å². The molecule has 116 valence electrons. The van der Waals surface area contributed by atoms with E-state index in [4.69, 9.17) is 0 Å². The van der Waals surface area contributed by atoms with E-state index >= 15 is 0 Å². The van der Waals surface area contributed by atoms with Crippen molar-refractivity contribution in [1.29, 1.82) is 0 Å². The predicted octanol–water partition coefficient (Wildman–Crippen LogP) is 2.51. The van der Waals surface area contributed by atoms with Gasteiger partial charge in [0.25, 0.3) is 0 Å². The summed E-state index contributed by atoms with van der Waals surface area (Å²) in [7, 11) is -3.55. The quantitative estimate of drug-likeness (QED) is 0.805. The first-order valence-electron chi connectivity index (χ1n) is 6.51. The molecule has 5 nitrogen and oxygen atoms in total. The van der Waals surface area contributed by atoms with Gasteiger partial charge >= 0.3 is 0 Å². The van der Waals surface area contributed by atoms with Crippen LogP contribution in [-0.4, -0.2) is 20.9 Å². The minimum Gasteiger partial charge on any atom is -0.325 e. The maximum Gasteiger partial charge on any atom is 0.239 e. The molecular formula is C15H15BrN2O3S. The highest BCUT2D eigenvalue weighted by atomic mass is 79.9. The molecule has 0 radical (unpaired) electrons. The zero-order chi connectivity index (χ0) is 16.0. The van der Waals surface area contributed by atoms with Crippen molar-refractivity contribution in [3.05, 3.63) is 64.6 Å². The molecule has 22 heavy (non-hydrogen) atoms. The highest BCUT2D eigenvalue weighted by molar-refractivity contribution is 9.10. The lowest BCUT2D eigenvalue weighted by Gasteiger charge is -2.08. The van der Waals surface area contributed by atoms with Crippen LogP contribution in [0.15, 0.2) is 59.1 Å². The van der Waals surface area contributed by atoms with Gasteiger partial charge in [0, 0.05) is 10.2 Å². The number of sulfonamides is 1. The van der Waals surface area contributed by atoms with E-state index in [9.17, 15) is 13.2 Å². The number of nitrogens with one attached hydrogen (secondary N) is 2. The summed E-state index contributed by atoms with van der Waals surface area (Å²) < 4.78 is 26.9. The first-order chi connectivity index (χ1) is 10.4. The van der Waals surface area contributed by atoms with Gasteiger partial charge in [-0.1, -0.05) is 52.3 Å². The largest absolute Gasteiger partial charge is 0.325 e. The molecule has 0 spiro atoms. The zero-order valence-electron chi connectivity index (χ0n) is 11.6. The van der Waals surface area contributed by atoms with Crippen LogP contribution in [0.25, 0.3) is 0 Å². The second kappa shape index (κ2) is 7.53. The summed E-state index contributed by atoms with van der Waals surface area (Å²) in [4.78, 5) is 11.8. The van der Waals surface area contributed by atoms with Crippen molar-refractivity contribution in [3.8, 4) is 0 Å². The minimum atomic E-state index is -3.55. The summed E-state index contributed by atoms with van der Waals surface area (Å²) in [5.41, 5.74) is 1.27. The van der Waals surface area contributed by atoms with E-state index in [1.165, 1.54) is 0 Å². The number of amides is 1. The number of rotatable bonds is 6. The van der Waals surface area contributed by atoms with Crippen LogP contribution in [-0.2, 0) is 20.6 Å². The molecule has 0 aliphatic rings. The Kier molecular flexibility index (Phi) is 5.70. The molecule has 0 aliphatic heterocycles. The lowest BCUT2D eigenvalue weighted by atomic mass is 10.2. The van der Waals surface area contributed by atoms with Gasteiger partial charge in [0.05, 0.1) is 12.3 Å². The predicted molar refractivity (Wildman–Crippen MR) is 89.8 cm³/mol. The van der Waals surface area contributed by atoms with Crippen LogP contribution in [0.5, 0.6) is 0 Å². The van der Waals surface area contributed by atoms with Crippen molar-refractivity contribution in [2.75, 3.05) is 11.9 Å². The summed E-state index contributed by atoms with van der Waals surface area (Å²) in [6.45, 7) is -0.304. The topological polar surface area (TPSA) is 75.3 Å². The fraction of sp³-hybridized carbons (Fsp3) is 0.133. The highest BCUT2D eigenvalue weighted by Crippen LogP contribution is 2.15. The van der Waals surface area contributed by atoms with Gasteiger partial charge in [-0.3, -0.25) is 4.79 Å². The Bertz CT molecular complexity index is 748. The molecule has 0 aromatic heterocycles. The van der Waals surface area contributed by atoms with Gasteiger partial charge < -0.3 is 5.32 Å². The van der Waals surface area contributed by atoms with E-state index in [0.29, 0.717) is 11.3 Å². The van der Waals surface area contributed by atoms with Crippen molar-refractivity contribution >= 4 is 37.5 Å². The van der Waals surface area contributed by atoms with Gasteiger partial charge in [-0.2, -0.15) is 0 Å². The molecule has 2 aromatic carbocycles. The molecule has 1 amide bonds. The van der Waals surface area contributed by atoms with Gasteiger partial charge in [0.1, 0.15) is 0 Å². The van der Waals surface area contributed by atoms with Crippen LogP contribution < -0.4 is 10.0 Å². The van der Waals surface area contributed by atoms with Crippen molar-refractivity contribution in [3.63, 3.8) is 0 Å². The number of benzene rings is 2. The smallest absolute Gasteiger partial charge is 0.239 e. The molecule has 0 saturated carbocycles. The normalized spacial score (nSPS) is 11.1. The third-order valence-electron chi connectivity index (χ3n) is 2.76. The fourth-order valence-electron chi connectivity index (χ4n) is 1.79. The van der Waals surface area contributed by atoms with Gasteiger partial charge in [-0.05, 0) is 23.8 Å². The molecule has 7 heteroatoms. The molecule has 2 N–H and O–H groups in total. The minimum absolute atomic E-state index is 0.155. The van der Waals surface area contributed by atoms with Crippen LogP contribution >= 0.6 is 15.9 Å². The number of hydrogen-bond acceptors (Lipinski definition) is 3. The Morgan fingerprint density at radius 2 is 1.77 bits per heavy atom. The van der Waals surface area contributed by atoms with Gasteiger partial charge in [-0.15, -0.1) is 0 Å². The Balaban J connectivity index is 1.87. The molecule has 0 bridgehead atoms. The Labute approximate surface area is 137 Å². The fourth-order valence-corrected chi connectivity index (χ4v) is 3.28. The molecule has 0 aliphatic carbocycles. The lowest BCUT2D eigenvalue weighted by molar-refractivity contribution is -0.115. The first kappa shape index (κ1) is 16.7. The van der Waals surface area contributed by atoms with E-state index in [1.54, 1.807) is 42.5 Å². The third kappa shape index (κ3) is 5.59. The van der Waals surface area contributed by atoms with Gasteiger partial charge in [0.2, 0.25) is 15.9 Å². The van der Waals surface area contributed by atoms with E-state index in [2.05, 4.69) is 26.0 Å². The van der Waals surface area contributed by atoms with Gasteiger partial charge in [-0.25, -0.2) is 13.1 Å². The number of anilines is 1. The van der Waals surface area contributed by atoms with Crippen LogP contribution in [0, 0.1) is 0 Å². The van der Waals surface area contributed by atoms with Crippen LogP contribution in [0.2, 0.25) is 0 Å². The molecule has 2 rings (SSSR count). The third-order valence-corrected chi connectivity index (χ3v) is 4.55. The maximum atomic E-state index is 11.9. The van der Waals surface area contributed by atoms with Crippen molar-refractivity contribution in [2.24, 2.45) is 0 Å². The number of halogens is 1. The van der Waals surface area contributed by atoms with E-state index in [1.807, 2.05) is 12.1 Å². The molecule has 0 fully saturated rings. The Morgan fingerprint density at radius 3 is 2.45 bits per heavy atom. The molecule has 0 saturated heterocycles. The number of hydrogen-bond donors (Lipinski definition) is 2. The second-order valence-electron chi connectivity index (χ2n) is 4.62. The molecule has 0 atom stereocenters. The Morgan fingerprint density at radius 1 is 1.05 bits per heavy atom. The summed E-state index contributed by atoms with van der Waals surface area (Å²) >= 11 is 3.30. The number of carbonyl (C=O) groups is 1. The second-order valence-corrected chi connectivity index (χ2v) is 7.35. The zero-order valence-corrected chi connectivity index (χ0v) is 14.0. The van der Waals surface area contributed by atoms with Gasteiger partial charge in [0.15, 0.2) is 0 Å². The lowest BCUT2D eigenvalue weighted by Crippen LogP contribution is -2.33. The Hall–Kier alpha value is -1.70. The summed E-state index contributed by atoms with van der Waals surface area (Å²) in [5, 5.41) is 2.62.